The lowest BCUT2D eigenvalue weighted by Crippen LogP contribution is -2.36. The van der Waals surface area contributed by atoms with Crippen LogP contribution in [0.2, 0.25) is 0 Å². The Labute approximate surface area is 149 Å². The number of ether oxygens (including phenoxy) is 1. The lowest BCUT2D eigenvalue weighted by Gasteiger charge is -2.12. The third kappa shape index (κ3) is 3.24. The topological polar surface area (TPSA) is 69.4 Å². The van der Waals surface area contributed by atoms with Gasteiger partial charge in [-0.1, -0.05) is 47.5 Å². The van der Waals surface area contributed by atoms with Gasteiger partial charge >= 0.3 is 0 Å². The molecule has 0 bridgehead atoms. The Morgan fingerprint density at radius 3 is 2.04 bits per heavy atom. The molecule has 1 fully saturated rings. The second-order valence-electron chi connectivity index (χ2n) is 6.92. The van der Waals surface area contributed by atoms with Crippen molar-refractivity contribution in [3.05, 3.63) is 65.2 Å². The lowest BCUT2D eigenvalue weighted by atomic mass is 10.1. The number of benzene rings is 2. The number of hydrogen-bond donors (Lipinski definition) is 1. The summed E-state index contributed by atoms with van der Waals surface area (Å²) in [5.74, 6) is -0.258. The van der Waals surface area contributed by atoms with Crippen LogP contribution in [0.25, 0.3) is 0 Å². The number of rotatable bonds is 6. The van der Waals surface area contributed by atoms with Gasteiger partial charge in [-0.15, -0.1) is 0 Å². The van der Waals surface area contributed by atoms with E-state index >= 15 is 0 Å². The molecule has 2 N–H and O–H groups in total. The van der Waals surface area contributed by atoms with Gasteiger partial charge in [0.05, 0.1) is 22.3 Å². The van der Waals surface area contributed by atoms with E-state index in [-0.39, 0.29) is 12.5 Å². The first kappa shape index (κ1) is 18.1. The molecule has 0 radical (unpaired) electrons. The van der Waals surface area contributed by atoms with Gasteiger partial charge in [-0.25, -0.2) is 8.42 Å². The third-order valence-electron chi connectivity index (χ3n) is 4.98. The number of nitrogens with two attached hydrogens (primary N) is 1. The molecule has 0 spiro atoms. The van der Waals surface area contributed by atoms with Crippen LogP contribution in [0.15, 0.2) is 53.4 Å². The molecule has 25 heavy (non-hydrogen) atoms. The summed E-state index contributed by atoms with van der Waals surface area (Å²) < 4.78 is 31.9. The Bertz CT molecular complexity index is 844. The molecule has 1 aliphatic carbocycles. The molecule has 0 aliphatic heterocycles. The van der Waals surface area contributed by atoms with E-state index in [1.807, 2.05) is 57.2 Å². The zero-order chi connectivity index (χ0) is 18.2. The summed E-state index contributed by atoms with van der Waals surface area (Å²) in [7, 11) is -3.53. The van der Waals surface area contributed by atoms with Gasteiger partial charge in [0.25, 0.3) is 0 Å². The van der Waals surface area contributed by atoms with E-state index in [1.165, 1.54) is 0 Å². The van der Waals surface area contributed by atoms with Crippen LogP contribution in [-0.2, 0) is 14.6 Å². The van der Waals surface area contributed by atoms with E-state index in [2.05, 4.69) is 0 Å². The van der Waals surface area contributed by atoms with Crippen LogP contribution in [0.1, 0.15) is 29.5 Å². The molecule has 0 aromatic heterocycles. The Morgan fingerprint density at radius 2 is 1.52 bits per heavy atom. The summed E-state index contributed by atoms with van der Waals surface area (Å²) in [6.07, 6.45) is 0. The fourth-order valence-electron chi connectivity index (χ4n) is 3.48. The van der Waals surface area contributed by atoms with Gasteiger partial charge in [0, 0.05) is 12.5 Å². The quantitative estimate of drug-likeness (QED) is 0.861. The van der Waals surface area contributed by atoms with Crippen molar-refractivity contribution in [2.24, 2.45) is 5.73 Å². The summed E-state index contributed by atoms with van der Waals surface area (Å²) in [4.78, 5) is 0.323. The Morgan fingerprint density at radius 1 is 1.00 bits per heavy atom. The van der Waals surface area contributed by atoms with Crippen molar-refractivity contribution in [2.75, 3.05) is 13.2 Å². The molecule has 0 amide bonds. The predicted octanol–water partition coefficient (Wildman–Crippen LogP) is 2.98. The molecular formula is C20H25NO3S. The second kappa shape index (κ2) is 6.56. The van der Waals surface area contributed by atoms with Crippen LogP contribution in [0, 0.1) is 13.8 Å². The highest BCUT2D eigenvalue weighted by molar-refractivity contribution is 7.92. The highest BCUT2D eigenvalue weighted by Crippen LogP contribution is 2.55. The molecule has 3 atom stereocenters. The first-order chi connectivity index (χ1) is 11.8. The summed E-state index contributed by atoms with van der Waals surface area (Å²) in [5.41, 5.74) is 8.76. The lowest BCUT2D eigenvalue weighted by molar-refractivity contribution is 0.125. The van der Waals surface area contributed by atoms with Crippen molar-refractivity contribution < 1.29 is 13.2 Å². The monoisotopic (exact) mass is 359 g/mol. The Kier molecular flexibility index (Phi) is 4.75. The van der Waals surface area contributed by atoms with Crippen molar-refractivity contribution in [3.63, 3.8) is 0 Å². The maximum Gasteiger partial charge on any atom is 0.183 e. The van der Waals surface area contributed by atoms with Crippen molar-refractivity contribution in [1.82, 2.24) is 0 Å². The molecule has 1 saturated carbocycles. The highest BCUT2D eigenvalue weighted by Gasteiger charge is 2.69. The largest absolute Gasteiger partial charge is 0.380 e. The van der Waals surface area contributed by atoms with Crippen molar-refractivity contribution in [1.29, 1.82) is 0 Å². The van der Waals surface area contributed by atoms with Gasteiger partial charge < -0.3 is 10.5 Å². The zero-order valence-electron chi connectivity index (χ0n) is 14.9. The number of hydrogen-bond acceptors (Lipinski definition) is 4. The summed E-state index contributed by atoms with van der Waals surface area (Å²) in [6.45, 7) is 6.57. The zero-order valence-corrected chi connectivity index (χ0v) is 15.7. The van der Waals surface area contributed by atoms with Crippen LogP contribution >= 0.6 is 0 Å². The number of sulfone groups is 1. The van der Waals surface area contributed by atoms with Gasteiger partial charge in [0.2, 0.25) is 0 Å². The third-order valence-corrected chi connectivity index (χ3v) is 7.29. The molecule has 5 heteroatoms. The minimum atomic E-state index is -3.53. The number of aryl methyl sites for hydroxylation is 2. The van der Waals surface area contributed by atoms with Gasteiger partial charge in [0.1, 0.15) is 0 Å². The van der Waals surface area contributed by atoms with Crippen molar-refractivity contribution in [2.45, 2.75) is 42.4 Å². The van der Waals surface area contributed by atoms with E-state index < -0.39 is 20.6 Å². The molecule has 0 heterocycles. The van der Waals surface area contributed by atoms with Crippen LogP contribution in [-0.4, -0.2) is 32.4 Å². The fraction of sp³-hybridized carbons (Fsp3) is 0.400. The normalized spacial score (nSPS) is 25.8. The van der Waals surface area contributed by atoms with Crippen LogP contribution < -0.4 is 5.73 Å². The molecule has 3 rings (SSSR count). The van der Waals surface area contributed by atoms with Crippen LogP contribution in [0.5, 0.6) is 0 Å². The van der Waals surface area contributed by atoms with Gasteiger partial charge in [-0.2, -0.15) is 0 Å². The first-order valence-electron chi connectivity index (χ1n) is 8.54. The maximum atomic E-state index is 13.2. The Balaban J connectivity index is 1.99. The van der Waals surface area contributed by atoms with Gasteiger partial charge in [-0.05, 0) is 38.5 Å². The highest BCUT2D eigenvalue weighted by atomic mass is 32.2. The van der Waals surface area contributed by atoms with Crippen molar-refractivity contribution >= 4 is 9.84 Å². The molecule has 2 aromatic rings. The maximum absolute atomic E-state index is 13.2. The smallest absolute Gasteiger partial charge is 0.183 e. The molecule has 3 unspecified atom stereocenters. The van der Waals surface area contributed by atoms with E-state index in [4.69, 9.17) is 10.5 Å². The van der Waals surface area contributed by atoms with Crippen LogP contribution in [0.4, 0.5) is 0 Å². The van der Waals surface area contributed by atoms with E-state index in [9.17, 15) is 8.42 Å². The van der Waals surface area contributed by atoms with Gasteiger partial charge in [0.15, 0.2) is 9.84 Å². The SMILES string of the molecule is CCOCC1(N)C(c2ccc(C)cc2)C1S(=O)(=O)c1ccc(C)cc1. The standard InChI is InChI=1S/C20H25NO3S/c1-4-24-13-20(21)18(16-9-5-14(2)6-10-16)19(20)25(22,23)17-11-7-15(3)8-12-17/h5-12,18-19H,4,13,21H2,1-3H3. The second-order valence-corrected chi connectivity index (χ2v) is 8.99. The molecule has 1 aliphatic rings. The average Bonchev–Trinajstić information content (AvgIpc) is 3.21. The summed E-state index contributed by atoms with van der Waals surface area (Å²) >= 11 is 0. The molecule has 0 saturated heterocycles. The van der Waals surface area contributed by atoms with E-state index in [0.29, 0.717) is 11.5 Å². The first-order valence-corrected chi connectivity index (χ1v) is 10.1. The molecule has 2 aromatic carbocycles. The molecule has 4 nitrogen and oxygen atoms in total. The van der Waals surface area contributed by atoms with Crippen molar-refractivity contribution in [3.8, 4) is 0 Å². The predicted molar refractivity (Wildman–Crippen MR) is 99.5 cm³/mol. The van der Waals surface area contributed by atoms with E-state index in [0.717, 1.165) is 16.7 Å². The van der Waals surface area contributed by atoms with Crippen LogP contribution in [0.3, 0.4) is 0 Å². The average molecular weight is 359 g/mol. The van der Waals surface area contributed by atoms with Gasteiger partial charge in [-0.3, -0.25) is 0 Å². The summed E-state index contributed by atoms with van der Waals surface area (Å²) in [5, 5.41) is -0.669. The molecule has 134 valence electrons. The Hall–Kier alpha value is -1.69. The van der Waals surface area contributed by atoms with E-state index in [1.54, 1.807) is 12.1 Å². The minimum Gasteiger partial charge on any atom is -0.380 e. The molecular weight excluding hydrogens is 334 g/mol. The fourth-order valence-corrected chi connectivity index (χ4v) is 5.77. The summed E-state index contributed by atoms with van der Waals surface area (Å²) in [6, 6.07) is 14.9. The minimum absolute atomic E-state index is 0.234.